The molecule has 1 atom stereocenters. The molecule has 2 rings (SSSR count). The fraction of sp³-hybridized carbons (Fsp3) is 0.250. The third-order valence-electron chi connectivity index (χ3n) is 2.40. The molecule has 0 fully saturated rings. The van der Waals surface area contributed by atoms with Crippen molar-refractivity contribution in [1.29, 1.82) is 0 Å². The maximum absolute atomic E-state index is 11.0. The van der Waals surface area contributed by atoms with Crippen molar-refractivity contribution in [3.63, 3.8) is 0 Å². The fourth-order valence-corrected chi connectivity index (χ4v) is 1.76. The second-order valence-corrected chi connectivity index (χ2v) is 3.63. The van der Waals surface area contributed by atoms with Crippen molar-refractivity contribution in [3.05, 3.63) is 47.6 Å². The van der Waals surface area contributed by atoms with E-state index in [0.29, 0.717) is 0 Å². The molecule has 78 valence electrons. The zero-order valence-electron chi connectivity index (χ0n) is 8.78. The van der Waals surface area contributed by atoms with Gasteiger partial charge in [0.15, 0.2) is 0 Å². The second kappa shape index (κ2) is 3.77. The molecule has 0 aromatic carbocycles. The minimum atomic E-state index is -0.0647. The van der Waals surface area contributed by atoms with Gasteiger partial charge >= 0.3 is 0 Å². The topological polar surface area (TPSA) is 38.3 Å². The highest BCUT2D eigenvalue weighted by Crippen LogP contribution is 2.31. The zero-order valence-corrected chi connectivity index (χ0v) is 8.78. The molecule has 1 heterocycles. The van der Waals surface area contributed by atoms with Gasteiger partial charge in [-0.3, -0.25) is 4.79 Å². The van der Waals surface area contributed by atoms with E-state index in [9.17, 15) is 4.79 Å². The average Bonchev–Trinajstić information content (AvgIpc) is 2.17. The highest BCUT2D eigenvalue weighted by molar-refractivity contribution is 5.76. The van der Waals surface area contributed by atoms with Gasteiger partial charge in [-0.05, 0) is 12.2 Å². The Labute approximate surface area is 88.8 Å². The Kier molecular flexibility index (Phi) is 2.46. The van der Waals surface area contributed by atoms with Crippen LogP contribution in [0, 0.1) is 5.92 Å². The number of hydrogen-bond acceptors (Lipinski definition) is 2. The van der Waals surface area contributed by atoms with Gasteiger partial charge in [-0.25, -0.2) is 0 Å². The Balaban J connectivity index is 2.40. The van der Waals surface area contributed by atoms with Gasteiger partial charge in [0.2, 0.25) is 5.91 Å². The van der Waals surface area contributed by atoms with Crippen molar-refractivity contribution < 1.29 is 9.53 Å². The molecule has 1 unspecified atom stereocenters. The lowest BCUT2D eigenvalue weighted by Crippen LogP contribution is -2.24. The lowest BCUT2D eigenvalue weighted by Gasteiger charge is -2.24. The van der Waals surface area contributed by atoms with Gasteiger partial charge in [-0.1, -0.05) is 19.1 Å². The molecule has 15 heavy (non-hydrogen) atoms. The number of amides is 1. The lowest BCUT2D eigenvalue weighted by atomic mass is 9.92. The van der Waals surface area contributed by atoms with Crippen molar-refractivity contribution in [1.82, 2.24) is 5.32 Å². The van der Waals surface area contributed by atoms with Crippen molar-refractivity contribution in [2.24, 2.45) is 5.92 Å². The highest BCUT2D eigenvalue weighted by Gasteiger charge is 2.22. The first kappa shape index (κ1) is 9.77. The molecular formula is C12H13NO2. The number of rotatable bonds is 1. The quantitative estimate of drug-likeness (QED) is 0.708. The van der Waals surface area contributed by atoms with Gasteiger partial charge in [-0.15, -0.1) is 0 Å². The van der Waals surface area contributed by atoms with Gasteiger partial charge in [0.05, 0.1) is 12.0 Å². The van der Waals surface area contributed by atoms with Crippen LogP contribution in [-0.2, 0) is 9.53 Å². The van der Waals surface area contributed by atoms with Gasteiger partial charge < -0.3 is 10.1 Å². The summed E-state index contributed by atoms with van der Waals surface area (Å²) < 4.78 is 5.38. The summed E-state index contributed by atoms with van der Waals surface area (Å²) in [6.45, 7) is 3.58. The molecule has 1 N–H and O–H groups in total. The lowest BCUT2D eigenvalue weighted by molar-refractivity contribution is -0.118. The standard InChI is InChI=1S/C12H13NO2/c1-8-4-3-5-11-12(8)10(6-7-15-11)13-9(2)14/h3-8H,1-2H3,(H,13,14). The van der Waals surface area contributed by atoms with Crippen LogP contribution < -0.4 is 5.32 Å². The second-order valence-electron chi connectivity index (χ2n) is 3.63. The summed E-state index contributed by atoms with van der Waals surface area (Å²) in [7, 11) is 0. The number of ether oxygens (including phenoxy) is 1. The third kappa shape index (κ3) is 1.86. The van der Waals surface area contributed by atoms with E-state index in [1.54, 1.807) is 12.3 Å². The summed E-state index contributed by atoms with van der Waals surface area (Å²) in [6, 6.07) is 0. The van der Waals surface area contributed by atoms with E-state index in [1.807, 2.05) is 12.2 Å². The molecule has 0 saturated carbocycles. The maximum Gasteiger partial charge on any atom is 0.221 e. The number of allylic oxidation sites excluding steroid dienone is 5. The monoisotopic (exact) mass is 203 g/mol. The Bertz CT molecular complexity index is 413. The van der Waals surface area contributed by atoms with Crippen molar-refractivity contribution in [2.75, 3.05) is 0 Å². The molecule has 2 aliphatic rings. The number of nitrogens with one attached hydrogen (secondary N) is 1. The third-order valence-corrected chi connectivity index (χ3v) is 2.40. The summed E-state index contributed by atoms with van der Waals surface area (Å²) in [5.74, 6) is 1.01. The molecule has 1 aliphatic heterocycles. The van der Waals surface area contributed by atoms with E-state index in [1.165, 1.54) is 6.92 Å². The van der Waals surface area contributed by atoms with E-state index < -0.39 is 0 Å². The highest BCUT2D eigenvalue weighted by atomic mass is 16.5. The van der Waals surface area contributed by atoms with Crippen LogP contribution in [-0.4, -0.2) is 5.91 Å². The van der Waals surface area contributed by atoms with Gasteiger partial charge in [-0.2, -0.15) is 0 Å². The molecule has 1 aliphatic carbocycles. The van der Waals surface area contributed by atoms with Crippen LogP contribution in [0.4, 0.5) is 0 Å². The summed E-state index contributed by atoms with van der Waals surface area (Å²) in [6.07, 6.45) is 9.31. The summed E-state index contributed by atoms with van der Waals surface area (Å²) in [4.78, 5) is 11.0. The number of carbonyl (C=O) groups excluding carboxylic acids is 1. The van der Waals surface area contributed by atoms with E-state index >= 15 is 0 Å². The van der Waals surface area contributed by atoms with Crippen molar-refractivity contribution >= 4 is 5.91 Å². The Hall–Kier alpha value is -1.77. The van der Waals surface area contributed by atoms with E-state index in [-0.39, 0.29) is 11.8 Å². The van der Waals surface area contributed by atoms with Crippen molar-refractivity contribution in [3.8, 4) is 0 Å². The molecule has 3 nitrogen and oxygen atoms in total. The largest absolute Gasteiger partial charge is 0.465 e. The first-order valence-electron chi connectivity index (χ1n) is 4.92. The molecule has 1 amide bonds. The Morgan fingerprint density at radius 2 is 2.33 bits per heavy atom. The minimum absolute atomic E-state index is 0.0647. The van der Waals surface area contributed by atoms with Crippen LogP contribution in [0.2, 0.25) is 0 Å². The van der Waals surface area contributed by atoms with E-state index in [4.69, 9.17) is 4.74 Å². The summed E-state index contributed by atoms with van der Waals surface area (Å²) in [5, 5.41) is 2.81. The van der Waals surface area contributed by atoms with Crippen LogP contribution in [0.1, 0.15) is 13.8 Å². The first-order chi connectivity index (χ1) is 7.18. The van der Waals surface area contributed by atoms with E-state index in [2.05, 4.69) is 18.3 Å². The Morgan fingerprint density at radius 3 is 3.07 bits per heavy atom. The smallest absolute Gasteiger partial charge is 0.221 e. The molecule has 0 spiro atoms. The predicted octanol–water partition coefficient (Wildman–Crippen LogP) is 2.01. The molecule has 0 saturated heterocycles. The zero-order chi connectivity index (χ0) is 10.8. The number of carbonyl (C=O) groups is 1. The fourth-order valence-electron chi connectivity index (χ4n) is 1.76. The normalized spacial score (nSPS) is 23.1. The number of hydrogen-bond donors (Lipinski definition) is 1. The molecule has 3 heteroatoms. The van der Waals surface area contributed by atoms with Gasteiger partial charge in [0, 0.05) is 18.4 Å². The van der Waals surface area contributed by atoms with Crippen LogP contribution in [0.5, 0.6) is 0 Å². The van der Waals surface area contributed by atoms with Crippen LogP contribution in [0.3, 0.4) is 0 Å². The minimum Gasteiger partial charge on any atom is -0.465 e. The Morgan fingerprint density at radius 1 is 1.53 bits per heavy atom. The first-order valence-corrected chi connectivity index (χ1v) is 4.92. The summed E-state index contributed by atoms with van der Waals surface area (Å²) in [5.41, 5.74) is 1.87. The van der Waals surface area contributed by atoms with Crippen LogP contribution in [0.25, 0.3) is 0 Å². The predicted molar refractivity (Wildman–Crippen MR) is 57.5 cm³/mol. The van der Waals surface area contributed by atoms with Crippen LogP contribution >= 0.6 is 0 Å². The SMILES string of the molecule is CC(=O)NC1=C2C(=CC=CC2C)OC=C1. The molecule has 0 radical (unpaired) electrons. The average molecular weight is 203 g/mol. The maximum atomic E-state index is 11.0. The molecular weight excluding hydrogens is 190 g/mol. The molecule has 0 aromatic rings. The van der Waals surface area contributed by atoms with E-state index in [0.717, 1.165) is 17.0 Å². The molecule has 0 bridgehead atoms. The molecule has 0 aromatic heterocycles. The number of fused-ring (bicyclic) bond motifs is 1. The van der Waals surface area contributed by atoms with Gasteiger partial charge in [0.25, 0.3) is 0 Å². The van der Waals surface area contributed by atoms with Gasteiger partial charge in [0.1, 0.15) is 5.76 Å². The van der Waals surface area contributed by atoms with Crippen molar-refractivity contribution in [2.45, 2.75) is 13.8 Å². The summed E-state index contributed by atoms with van der Waals surface area (Å²) >= 11 is 0. The van der Waals surface area contributed by atoms with Crippen LogP contribution in [0.15, 0.2) is 47.6 Å².